The molecule has 0 radical (unpaired) electrons. The molecule has 0 nitrogen and oxygen atoms in total. The molecule has 0 bridgehead atoms. The van der Waals surface area contributed by atoms with Crippen LogP contribution < -0.4 is 0 Å². The summed E-state index contributed by atoms with van der Waals surface area (Å²) >= 11 is 0. The zero-order chi connectivity index (χ0) is 46.0. The molecule has 2 aliphatic rings. The number of benzene rings is 4. The molecule has 2 aliphatic carbocycles. The van der Waals surface area contributed by atoms with Crippen LogP contribution in [-0.4, -0.2) is 0 Å². The summed E-state index contributed by atoms with van der Waals surface area (Å²) in [5.41, 5.74) is 18.8. The number of rotatable bonds is 2. The van der Waals surface area contributed by atoms with Crippen LogP contribution in [0.15, 0.2) is 84.9 Å². The Morgan fingerprint density at radius 2 is 0.571 bits per heavy atom. The molecule has 336 valence electrons. The maximum Gasteiger partial charge on any atom is 0 e. The van der Waals surface area contributed by atoms with Crippen molar-refractivity contribution in [2.45, 2.75) is 207 Å². The summed E-state index contributed by atoms with van der Waals surface area (Å²) in [5, 5.41) is 5.55. The van der Waals surface area contributed by atoms with E-state index in [0.717, 1.165) is 0 Å². The molecule has 0 amide bonds. The Morgan fingerprint density at radius 3 is 0.810 bits per heavy atom. The first-order chi connectivity index (χ1) is 28.2. The van der Waals surface area contributed by atoms with E-state index >= 15 is 0 Å². The van der Waals surface area contributed by atoms with Crippen LogP contribution in [0.1, 0.15) is 209 Å². The zero-order valence-electron chi connectivity index (χ0n) is 43.4. The predicted octanol–water partition coefficient (Wildman–Crippen LogP) is 18.3. The van der Waals surface area contributed by atoms with Gasteiger partial charge in [-0.25, -0.2) is 0 Å². The topological polar surface area (TPSA) is 0 Å². The molecule has 0 atom stereocenters. The molecule has 0 fully saturated rings. The minimum atomic E-state index is 0. The van der Waals surface area contributed by atoms with Gasteiger partial charge in [0, 0.05) is 25.8 Å². The Labute approximate surface area is 404 Å². The molecular weight excluding hydrogens is 923 g/mol. The fourth-order valence-corrected chi connectivity index (χ4v) is 10.2. The van der Waals surface area contributed by atoms with Gasteiger partial charge in [-0.05, 0) is 91.3 Å². The van der Waals surface area contributed by atoms with E-state index in [2.05, 4.69) is 223 Å². The normalized spacial score (nSPS) is 18.0. The summed E-state index contributed by atoms with van der Waals surface area (Å²) < 4.78 is 0. The van der Waals surface area contributed by atoms with E-state index in [1.165, 1.54) is 91.7 Å². The van der Waals surface area contributed by atoms with Crippen LogP contribution in [0.2, 0.25) is 0 Å². The molecule has 1 heteroatoms. The van der Waals surface area contributed by atoms with E-state index in [0.29, 0.717) is 0 Å². The van der Waals surface area contributed by atoms with Crippen molar-refractivity contribution in [3.05, 3.63) is 129 Å². The van der Waals surface area contributed by atoms with Gasteiger partial charge in [-0.1, -0.05) is 220 Å². The molecule has 6 aromatic rings. The second-order valence-electron chi connectivity index (χ2n) is 26.7. The molecule has 0 unspecified atom stereocenters. The summed E-state index contributed by atoms with van der Waals surface area (Å²) in [6, 6.07) is 34.1. The molecular formula is C62H82Hf-2. The van der Waals surface area contributed by atoms with E-state index < -0.39 is 0 Å². The maximum atomic E-state index is 2.49. The molecule has 0 heterocycles. The summed E-state index contributed by atoms with van der Waals surface area (Å²) in [7, 11) is 0. The van der Waals surface area contributed by atoms with E-state index in [4.69, 9.17) is 0 Å². The standard InChI is InChI=1S/2C31H41.Hf/c2*1-28(2,3)24-15-23(16-25(19-24)29(4,5)6)20-13-21-17-26-27(18-22(21)14-20)31(9,10)12-11-30(26,7)8;/h2*13-19H,11-12H2,1-10H3;/q2*-1;. The van der Waals surface area contributed by atoms with Crippen molar-refractivity contribution in [3.8, 4) is 22.3 Å². The van der Waals surface area contributed by atoms with E-state index in [-0.39, 0.29) is 69.2 Å². The van der Waals surface area contributed by atoms with Crippen molar-refractivity contribution < 1.29 is 25.8 Å². The summed E-state index contributed by atoms with van der Waals surface area (Å²) in [4.78, 5) is 0. The molecule has 0 spiro atoms. The average Bonchev–Trinajstić information content (AvgIpc) is 3.77. The van der Waals surface area contributed by atoms with Gasteiger partial charge in [0.05, 0.1) is 0 Å². The van der Waals surface area contributed by atoms with Crippen molar-refractivity contribution in [3.63, 3.8) is 0 Å². The fourth-order valence-electron chi connectivity index (χ4n) is 10.2. The first kappa shape index (κ1) is 49.4. The third-order valence-corrected chi connectivity index (χ3v) is 15.4. The molecule has 0 N–H and O–H groups in total. The molecule has 6 aromatic carbocycles. The Bertz CT molecular complexity index is 2290. The van der Waals surface area contributed by atoms with Crippen molar-refractivity contribution in [1.82, 2.24) is 0 Å². The SMILES string of the molecule is CC(C)(C)c1cc(-c2cc3cc4c(cc3[cH-]2)C(C)(C)CCC4(C)C)cc(C(C)(C)C)c1.CC(C)(C)c1cc(-c2cc3cc4c(cc3[cH-]2)C(C)(C)CCC4(C)C)cc(C(C)(C)C)c1.[Hf]. The Balaban J connectivity index is 0.000000206. The Morgan fingerprint density at radius 1 is 0.333 bits per heavy atom. The number of hydrogen-bond acceptors (Lipinski definition) is 0. The summed E-state index contributed by atoms with van der Waals surface area (Å²) in [5.74, 6) is 0. The van der Waals surface area contributed by atoms with E-state index in [1.54, 1.807) is 22.3 Å². The van der Waals surface area contributed by atoms with Gasteiger partial charge < -0.3 is 0 Å². The first-order valence-corrected chi connectivity index (χ1v) is 24.0. The maximum absolute atomic E-state index is 2.49. The van der Waals surface area contributed by atoms with Crippen LogP contribution in [-0.2, 0) is 69.2 Å². The van der Waals surface area contributed by atoms with E-state index in [1.807, 2.05) is 0 Å². The third-order valence-electron chi connectivity index (χ3n) is 15.4. The van der Waals surface area contributed by atoms with Crippen LogP contribution >= 0.6 is 0 Å². The van der Waals surface area contributed by atoms with Gasteiger partial charge >= 0.3 is 0 Å². The van der Waals surface area contributed by atoms with Crippen LogP contribution in [0.4, 0.5) is 0 Å². The Hall–Kier alpha value is -3.03. The molecule has 63 heavy (non-hydrogen) atoms. The van der Waals surface area contributed by atoms with Gasteiger partial charge in [-0.2, -0.15) is 0 Å². The Kier molecular flexibility index (Phi) is 12.6. The van der Waals surface area contributed by atoms with Crippen LogP contribution in [0.5, 0.6) is 0 Å². The second kappa shape index (κ2) is 16.1. The second-order valence-corrected chi connectivity index (χ2v) is 26.7. The zero-order valence-corrected chi connectivity index (χ0v) is 47.0. The monoisotopic (exact) mass is 1010 g/mol. The van der Waals surface area contributed by atoms with Crippen molar-refractivity contribution in [1.29, 1.82) is 0 Å². The van der Waals surface area contributed by atoms with Crippen LogP contribution in [0.3, 0.4) is 0 Å². The number of fused-ring (bicyclic) bond motifs is 4. The largest absolute Gasteiger partial charge is 0.145 e. The molecule has 0 saturated heterocycles. The van der Waals surface area contributed by atoms with Crippen LogP contribution in [0.25, 0.3) is 43.8 Å². The van der Waals surface area contributed by atoms with Gasteiger partial charge in [0.25, 0.3) is 0 Å². The van der Waals surface area contributed by atoms with Crippen molar-refractivity contribution in [2.75, 3.05) is 0 Å². The summed E-state index contributed by atoms with van der Waals surface area (Å²) in [6.07, 6.45) is 5.03. The average molecular weight is 1010 g/mol. The van der Waals surface area contributed by atoms with Crippen molar-refractivity contribution in [2.24, 2.45) is 0 Å². The minimum Gasteiger partial charge on any atom is -0.145 e. The smallest absolute Gasteiger partial charge is 0 e. The molecule has 0 aromatic heterocycles. The van der Waals surface area contributed by atoms with Crippen molar-refractivity contribution >= 4 is 21.5 Å². The summed E-state index contributed by atoms with van der Waals surface area (Å²) in [6.45, 7) is 47.1. The van der Waals surface area contributed by atoms with Gasteiger partial charge in [0.15, 0.2) is 0 Å². The van der Waals surface area contributed by atoms with Gasteiger partial charge in [0.1, 0.15) is 0 Å². The van der Waals surface area contributed by atoms with Crippen LogP contribution in [0, 0.1) is 0 Å². The quantitative estimate of drug-likeness (QED) is 0.120. The third kappa shape index (κ3) is 9.91. The molecule has 8 rings (SSSR count). The fraction of sp³-hybridized carbons (Fsp3) is 0.516. The first-order valence-electron chi connectivity index (χ1n) is 24.0. The molecule has 0 aliphatic heterocycles. The van der Waals surface area contributed by atoms with Gasteiger partial charge in [0.2, 0.25) is 0 Å². The van der Waals surface area contributed by atoms with Gasteiger partial charge in [-0.3, -0.25) is 0 Å². The molecule has 0 saturated carbocycles. The number of hydrogen-bond donors (Lipinski definition) is 0. The van der Waals surface area contributed by atoms with E-state index in [9.17, 15) is 0 Å². The predicted molar refractivity (Wildman–Crippen MR) is 275 cm³/mol. The minimum absolute atomic E-state index is 0. The van der Waals surface area contributed by atoms with Gasteiger partial charge in [-0.15, -0.1) is 69.1 Å².